The minimum absolute atomic E-state index is 0.162. The number of aromatic nitrogens is 2. The zero-order chi connectivity index (χ0) is 24.2. The van der Waals surface area contributed by atoms with Crippen molar-refractivity contribution in [3.8, 4) is 28.6 Å². The number of methoxy groups -OCH3 is 3. The predicted octanol–water partition coefficient (Wildman–Crippen LogP) is 3.51. The normalized spacial score (nSPS) is 15.0. The van der Waals surface area contributed by atoms with E-state index in [9.17, 15) is 4.79 Å². The van der Waals surface area contributed by atoms with Gasteiger partial charge in [-0.2, -0.15) is 5.10 Å². The van der Waals surface area contributed by atoms with Gasteiger partial charge < -0.3 is 19.5 Å². The number of hydrogen-bond donors (Lipinski definition) is 1. The number of carbonyl (C=O) groups excluding carboxylic acids is 1. The van der Waals surface area contributed by atoms with E-state index in [4.69, 9.17) is 19.3 Å². The van der Waals surface area contributed by atoms with Crippen LogP contribution in [0.15, 0.2) is 53.9 Å². The standard InChI is InChI=1S/C25H27N5O4/c1-15-10-18-11-21(32-3)22(33-4)12-20(18)23(29-30(15)25(31)26-2)17-8-6-16(7-9-17)19-13-27-24(34-5)28-14-19/h6-9,11-15H,10H2,1-5H3,(H,26,31). The van der Waals surface area contributed by atoms with Crippen LogP contribution in [0.2, 0.25) is 0 Å². The van der Waals surface area contributed by atoms with Gasteiger partial charge in [0.05, 0.1) is 33.1 Å². The Morgan fingerprint density at radius 1 is 0.941 bits per heavy atom. The van der Waals surface area contributed by atoms with Crippen LogP contribution >= 0.6 is 0 Å². The highest BCUT2D eigenvalue weighted by molar-refractivity contribution is 6.14. The Labute approximate surface area is 198 Å². The van der Waals surface area contributed by atoms with E-state index >= 15 is 0 Å². The first-order valence-electron chi connectivity index (χ1n) is 10.8. The third kappa shape index (κ3) is 4.36. The lowest BCUT2D eigenvalue weighted by molar-refractivity contribution is 0.184. The molecule has 2 amide bonds. The van der Waals surface area contributed by atoms with E-state index in [2.05, 4.69) is 15.3 Å². The first-order valence-corrected chi connectivity index (χ1v) is 10.8. The van der Waals surface area contributed by atoms with Crippen LogP contribution in [-0.2, 0) is 6.42 Å². The number of hydrogen-bond acceptors (Lipinski definition) is 7. The molecule has 1 unspecified atom stereocenters. The Kier molecular flexibility index (Phi) is 6.62. The summed E-state index contributed by atoms with van der Waals surface area (Å²) >= 11 is 0. The van der Waals surface area contributed by atoms with Crippen LogP contribution in [0.5, 0.6) is 17.5 Å². The average molecular weight is 462 g/mol. The maximum absolute atomic E-state index is 12.6. The molecule has 3 aromatic rings. The van der Waals surface area contributed by atoms with Gasteiger partial charge in [-0.1, -0.05) is 24.3 Å². The van der Waals surface area contributed by atoms with Crippen molar-refractivity contribution in [1.29, 1.82) is 0 Å². The van der Waals surface area contributed by atoms with Crippen LogP contribution in [0, 0.1) is 0 Å². The number of urea groups is 1. The molecule has 0 aliphatic carbocycles. The number of hydrazone groups is 1. The van der Waals surface area contributed by atoms with Gasteiger partial charge in [0.2, 0.25) is 0 Å². The molecule has 9 heteroatoms. The second kappa shape index (κ2) is 9.78. The summed E-state index contributed by atoms with van der Waals surface area (Å²) in [5.41, 5.74) is 5.24. The summed E-state index contributed by atoms with van der Waals surface area (Å²) in [4.78, 5) is 21.0. The summed E-state index contributed by atoms with van der Waals surface area (Å²) in [5, 5.41) is 8.96. The molecule has 1 aromatic heterocycles. The molecule has 2 aromatic carbocycles. The van der Waals surface area contributed by atoms with Crippen molar-refractivity contribution in [2.75, 3.05) is 28.4 Å². The van der Waals surface area contributed by atoms with Crippen molar-refractivity contribution >= 4 is 11.7 Å². The molecule has 1 aliphatic rings. The van der Waals surface area contributed by atoms with Crippen molar-refractivity contribution in [3.05, 3.63) is 65.5 Å². The van der Waals surface area contributed by atoms with Crippen LogP contribution in [0.1, 0.15) is 23.6 Å². The molecule has 0 fully saturated rings. The fourth-order valence-corrected chi connectivity index (χ4v) is 3.94. The molecule has 34 heavy (non-hydrogen) atoms. The van der Waals surface area contributed by atoms with Gasteiger partial charge in [0.25, 0.3) is 0 Å². The molecule has 2 heterocycles. The van der Waals surface area contributed by atoms with Gasteiger partial charge in [-0.05, 0) is 36.6 Å². The Hall–Kier alpha value is -4.14. The highest BCUT2D eigenvalue weighted by atomic mass is 16.5. The van der Waals surface area contributed by atoms with Crippen molar-refractivity contribution in [1.82, 2.24) is 20.3 Å². The zero-order valence-electron chi connectivity index (χ0n) is 19.8. The van der Waals surface area contributed by atoms with Crippen molar-refractivity contribution in [3.63, 3.8) is 0 Å². The first-order chi connectivity index (χ1) is 16.5. The SMILES string of the molecule is CNC(=O)N1N=C(c2ccc(-c3cnc(OC)nc3)cc2)c2cc(OC)c(OC)cc2CC1C. The van der Waals surface area contributed by atoms with Crippen LogP contribution in [0.25, 0.3) is 11.1 Å². The predicted molar refractivity (Wildman–Crippen MR) is 129 cm³/mol. The molecular weight excluding hydrogens is 434 g/mol. The number of nitrogens with one attached hydrogen (secondary N) is 1. The number of nitrogens with zero attached hydrogens (tertiary/aromatic N) is 4. The largest absolute Gasteiger partial charge is 0.493 e. The van der Waals surface area contributed by atoms with E-state index < -0.39 is 0 Å². The maximum Gasteiger partial charge on any atom is 0.337 e. The summed E-state index contributed by atoms with van der Waals surface area (Å²) in [6.45, 7) is 1.97. The lowest BCUT2D eigenvalue weighted by atomic mass is 9.93. The van der Waals surface area contributed by atoms with Gasteiger partial charge in [-0.25, -0.2) is 19.8 Å². The molecule has 9 nitrogen and oxygen atoms in total. The average Bonchev–Trinajstić information content (AvgIpc) is 3.03. The summed E-state index contributed by atoms with van der Waals surface area (Å²) in [5.74, 6) is 1.23. The summed E-state index contributed by atoms with van der Waals surface area (Å²) in [7, 11) is 6.34. The van der Waals surface area contributed by atoms with E-state index in [-0.39, 0.29) is 12.1 Å². The molecule has 0 bridgehead atoms. The summed E-state index contributed by atoms with van der Waals surface area (Å²) in [6.07, 6.45) is 4.04. The van der Waals surface area contributed by atoms with Crippen LogP contribution < -0.4 is 19.5 Å². The summed E-state index contributed by atoms with van der Waals surface area (Å²) in [6, 6.07) is 11.6. The fraction of sp³-hybridized carbons (Fsp3) is 0.280. The third-order valence-corrected chi connectivity index (χ3v) is 5.73. The summed E-state index contributed by atoms with van der Waals surface area (Å²) < 4.78 is 16.1. The highest BCUT2D eigenvalue weighted by Gasteiger charge is 2.28. The smallest absolute Gasteiger partial charge is 0.337 e. The van der Waals surface area contributed by atoms with Gasteiger partial charge in [0.1, 0.15) is 0 Å². The Balaban J connectivity index is 1.82. The lowest BCUT2D eigenvalue weighted by Gasteiger charge is -2.22. The molecule has 1 aliphatic heterocycles. The number of ether oxygens (including phenoxy) is 3. The van der Waals surface area contributed by atoms with E-state index in [1.807, 2.05) is 43.3 Å². The van der Waals surface area contributed by atoms with E-state index in [1.165, 1.54) is 12.1 Å². The minimum Gasteiger partial charge on any atom is -0.493 e. The highest BCUT2D eigenvalue weighted by Crippen LogP contribution is 2.35. The molecular formula is C25H27N5O4. The minimum atomic E-state index is -0.274. The third-order valence-electron chi connectivity index (χ3n) is 5.73. The quantitative estimate of drug-likeness (QED) is 0.625. The Bertz CT molecular complexity index is 1210. The molecule has 1 atom stereocenters. The van der Waals surface area contributed by atoms with Gasteiger partial charge in [0.15, 0.2) is 11.5 Å². The second-order valence-electron chi connectivity index (χ2n) is 7.80. The van der Waals surface area contributed by atoms with Gasteiger partial charge in [0, 0.05) is 36.1 Å². The number of benzene rings is 2. The van der Waals surface area contributed by atoms with Crippen molar-refractivity contribution in [2.24, 2.45) is 5.10 Å². The molecule has 4 rings (SSSR count). The van der Waals surface area contributed by atoms with Crippen LogP contribution in [0.4, 0.5) is 4.79 Å². The fourth-order valence-electron chi connectivity index (χ4n) is 3.94. The zero-order valence-corrected chi connectivity index (χ0v) is 19.8. The topological polar surface area (TPSA) is 98.2 Å². The van der Waals surface area contributed by atoms with Crippen LogP contribution in [0.3, 0.4) is 0 Å². The number of rotatable bonds is 5. The van der Waals surface area contributed by atoms with Crippen molar-refractivity contribution in [2.45, 2.75) is 19.4 Å². The van der Waals surface area contributed by atoms with Gasteiger partial charge in [-0.3, -0.25) is 0 Å². The Morgan fingerprint density at radius 3 is 2.15 bits per heavy atom. The lowest BCUT2D eigenvalue weighted by Crippen LogP contribution is -2.41. The molecule has 0 radical (unpaired) electrons. The number of carbonyl (C=O) groups is 1. The van der Waals surface area contributed by atoms with Crippen molar-refractivity contribution < 1.29 is 19.0 Å². The number of amides is 2. The molecule has 0 spiro atoms. The van der Waals surface area contributed by atoms with E-state index in [0.717, 1.165) is 27.8 Å². The Morgan fingerprint density at radius 2 is 1.56 bits per heavy atom. The number of fused-ring (bicyclic) bond motifs is 1. The first kappa shape index (κ1) is 23.0. The van der Waals surface area contributed by atoms with E-state index in [0.29, 0.717) is 29.6 Å². The maximum atomic E-state index is 12.6. The van der Waals surface area contributed by atoms with Gasteiger partial charge in [-0.15, -0.1) is 0 Å². The van der Waals surface area contributed by atoms with Gasteiger partial charge >= 0.3 is 12.0 Å². The molecule has 176 valence electrons. The van der Waals surface area contributed by atoms with E-state index in [1.54, 1.807) is 33.7 Å². The van der Waals surface area contributed by atoms with Crippen LogP contribution in [-0.4, -0.2) is 61.1 Å². The second-order valence-corrected chi connectivity index (χ2v) is 7.80. The molecule has 1 N–H and O–H groups in total. The monoisotopic (exact) mass is 461 g/mol. The molecule has 0 saturated carbocycles. The molecule has 0 saturated heterocycles.